The summed E-state index contributed by atoms with van der Waals surface area (Å²) in [6, 6.07) is 14.6. The molecular weight excluding hydrogens is 264 g/mol. The summed E-state index contributed by atoms with van der Waals surface area (Å²) in [4.78, 5) is 12.3. The van der Waals surface area contributed by atoms with E-state index in [2.05, 4.69) is 5.92 Å². The lowest BCUT2D eigenvalue weighted by atomic mass is 10.1. The van der Waals surface area contributed by atoms with E-state index in [9.17, 15) is 4.79 Å². The molecule has 3 nitrogen and oxygen atoms in total. The van der Waals surface area contributed by atoms with E-state index < -0.39 is 0 Å². The molecule has 0 unspecified atom stereocenters. The molecule has 0 aliphatic carbocycles. The Morgan fingerprint density at radius 3 is 2.76 bits per heavy atom. The largest absolute Gasteiger partial charge is 0.481 e. The number of carbonyl (C=O) groups is 1. The Balaban J connectivity index is 1.88. The molecule has 0 radical (unpaired) electrons. The topological polar surface area (TPSA) is 35.5 Å². The van der Waals surface area contributed by atoms with Gasteiger partial charge in [0.25, 0.3) is 0 Å². The van der Waals surface area contributed by atoms with Gasteiger partial charge in [0.15, 0.2) is 5.76 Å². The maximum absolute atomic E-state index is 12.3. The molecule has 0 amide bonds. The number of ether oxygens (including phenoxy) is 2. The lowest BCUT2D eigenvalue weighted by Gasteiger charge is -2.03. The second-order valence-corrected chi connectivity index (χ2v) is 4.50. The minimum Gasteiger partial charge on any atom is -0.481 e. The fourth-order valence-corrected chi connectivity index (χ4v) is 2.08. The summed E-state index contributed by atoms with van der Waals surface area (Å²) >= 11 is 0. The Labute approximate surface area is 122 Å². The van der Waals surface area contributed by atoms with Crippen molar-refractivity contribution in [3.05, 3.63) is 65.4 Å². The van der Waals surface area contributed by atoms with Gasteiger partial charge >= 0.3 is 0 Å². The summed E-state index contributed by atoms with van der Waals surface area (Å²) in [5, 5.41) is 0. The zero-order valence-corrected chi connectivity index (χ0v) is 11.2. The molecule has 21 heavy (non-hydrogen) atoms. The van der Waals surface area contributed by atoms with Crippen molar-refractivity contribution in [3.63, 3.8) is 0 Å². The second kappa shape index (κ2) is 5.56. The summed E-state index contributed by atoms with van der Waals surface area (Å²) in [5.41, 5.74) is 1.45. The molecule has 0 fully saturated rings. The first-order chi connectivity index (χ1) is 10.3. The maximum Gasteiger partial charge on any atom is 0.231 e. The number of fused-ring (bicyclic) bond motifs is 1. The van der Waals surface area contributed by atoms with Crippen molar-refractivity contribution in [3.8, 4) is 23.8 Å². The van der Waals surface area contributed by atoms with Crippen molar-refractivity contribution in [1.82, 2.24) is 0 Å². The predicted octanol–water partition coefficient (Wildman–Crippen LogP) is 3.31. The number of benzene rings is 2. The van der Waals surface area contributed by atoms with Gasteiger partial charge in [0.05, 0.1) is 5.56 Å². The van der Waals surface area contributed by atoms with Gasteiger partial charge < -0.3 is 9.47 Å². The van der Waals surface area contributed by atoms with Crippen molar-refractivity contribution in [2.24, 2.45) is 0 Å². The lowest BCUT2D eigenvalue weighted by molar-refractivity contribution is 0.101. The highest BCUT2D eigenvalue weighted by atomic mass is 16.5. The van der Waals surface area contributed by atoms with Crippen LogP contribution in [0.2, 0.25) is 0 Å². The summed E-state index contributed by atoms with van der Waals surface area (Å²) < 4.78 is 10.9. The van der Waals surface area contributed by atoms with Crippen molar-refractivity contribution in [2.45, 2.75) is 0 Å². The van der Waals surface area contributed by atoms with Crippen molar-refractivity contribution < 1.29 is 14.3 Å². The molecule has 0 N–H and O–H groups in total. The van der Waals surface area contributed by atoms with Crippen LogP contribution in [0.15, 0.2) is 54.3 Å². The number of carbonyl (C=O) groups excluding carboxylic acids is 1. The number of terminal acetylenes is 1. The highest BCUT2D eigenvalue weighted by molar-refractivity contribution is 6.14. The normalized spacial score (nSPS) is 14.4. The van der Waals surface area contributed by atoms with Gasteiger partial charge in [-0.25, -0.2) is 0 Å². The fourth-order valence-electron chi connectivity index (χ4n) is 2.08. The van der Waals surface area contributed by atoms with Gasteiger partial charge in [-0.3, -0.25) is 4.79 Å². The van der Waals surface area contributed by atoms with Crippen molar-refractivity contribution in [1.29, 1.82) is 0 Å². The molecule has 0 aromatic heterocycles. The number of hydrogen-bond donors (Lipinski definition) is 0. The van der Waals surface area contributed by atoms with Gasteiger partial charge in [-0.1, -0.05) is 36.3 Å². The SMILES string of the molecule is C#CCOc1ccc2c(c1)O/C(=C\c1ccccc1)C2=O. The number of hydrogen-bond acceptors (Lipinski definition) is 3. The molecule has 1 aliphatic rings. The van der Waals surface area contributed by atoms with Gasteiger partial charge in [0.1, 0.15) is 18.1 Å². The quantitative estimate of drug-likeness (QED) is 0.637. The van der Waals surface area contributed by atoms with E-state index in [1.165, 1.54) is 0 Å². The summed E-state index contributed by atoms with van der Waals surface area (Å²) in [6.07, 6.45) is 6.88. The average molecular weight is 276 g/mol. The van der Waals surface area contributed by atoms with Crippen LogP contribution in [-0.4, -0.2) is 12.4 Å². The molecule has 0 atom stereocenters. The van der Waals surface area contributed by atoms with Crippen LogP contribution in [-0.2, 0) is 0 Å². The standard InChI is InChI=1S/C18H12O3/c1-2-10-20-14-8-9-15-16(12-14)21-17(18(15)19)11-13-6-4-3-5-7-13/h1,3-9,11-12H,10H2/b17-11-. The van der Waals surface area contributed by atoms with E-state index in [1.54, 1.807) is 24.3 Å². The molecular formula is C18H12O3. The van der Waals surface area contributed by atoms with E-state index in [0.717, 1.165) is 5.56 Å². The smallest absolute Gasteiger partial charge is 0.231 e. The average Bonchev–Trinajstić information content (AvgIpc) is 2.82. The van der Waals surface area contributed by atoms with Gasteiger partial charge in [-0.15, -0.1) is 6.42 Å². The molecule has 3 heteroatoms. The van der Waals surface area contributed by atoms with E-state index >= 15 is 0 Å². The van der Waals surface area contributed by atoms with E-state index in [4.69, 9.17) is 15.9 Å². The fraction of sp³-hybridized carbons (Fsp3) is 0.0556. The van der Waals surface area contributed by atoms with E-state index in [0.29, 0.717) is 22.8 Å². The molecule has 0 saturated carbocycles. The molecule has 0 bridgehead atoms. The van der Waals surface area contributed by atoms with Crippen molar-refractivity contribution >= 4 is 11.9 Å². The summed E-state index contributed by atoms with van der Waals surface area (Å²) in [7, 11) is 0. The molecule has 2 aromatic carbocycles. The molecule has 102 valence electrons. The lowest BCUT2D eigenvalue weighted by Crippen LogP contribution is -1.97. The Hall–Kier alpha value is -2.99. The number of ketones is 1. The maximum atomic E-state index is 12.3. The van der Waals surface area contributed by atoms with Crippen LogP contribution in [0.5, 0.6) is 11.5 Å². The third kappa shape index (κ3) is 2.65. The predicted molar refractivity (Wildman–Crippen MR) is 80.1 cm³/mol. The van der Waals surface area contributed by atoms with Crippen LogP contribution < -0.4 is 9.47 Å². The highest BCUT2D eigenvalue weighted by Gasteiger charge is 2.27. The highest BCUT2D eigenvalue weighted by Crippen LogP contribution is 2.34. The monoisotopic (exact) mass is 276 g/mol. The first-order valence-corrected chi connectivity index (χ1v) is 6.47. The first-order valence-electron chi connectivity index (χ1n) is 6.47. The minimum absolute atomic E-state index is 0.127. The Morgan fingerprint density at radius 2 is 2.00 bits per heavy atom. The minimum atomic E-state index is -0.127. The summed E-state index contributed by atoms with van der Waals surface area (Å²) in [6.45, 7) is 0.180. The van der Waals surface area contributed by atoms with Crippen LogP contribution in [0.3, 0.4) is 0 Å². The first kappa shape index (κ1) is 13.0. The Morgan fingerprint density at radius 1 is 1.19 bits per heavy atom. The zero-order chi connectivity index (χ0) is 14.7. The number of rotatable bonds is 3. The van der Waals surface area contributed by atoms with Crippen LogP contribution in [0.25, 0.3) is 6.08 Å². The Kier molecular flexibility index (Phi) is 3.44. The number of Topliss-reactive ketones (excluding diaryl/α,β-unsaturated/α-hetero) is 1. The van der Waals surface area contributed by atoms with Gasteiger partial charge in [0.2, 0.25) is 5.78 Å². The molecule has 3 rings (SSSR count). The summed E-state index contributed by atoms with van der Waals surface area (Å²) in [5.74, 6) is 3.66. The van der Waals surface area contributed by atoms with E-state index in [-0.39, 0.29) is 12.4 Å². The van der Waals surface area contributed by atoms with Crippen LogP contribution in [0.1, 0.15) is 15.9 Å². The third-order valence-corrected chi connectivity index (χ3v) is 3.06. The van der Waals surface area contributed by atoms with Crippen LogP contribution in [0.4, 0.5) is 0 Å². The molecule has 0 saturated heterocycles. The molecule has 1 heterocycles. The second-order valence-electron chi connectivity index (χ2n) is 4.50. The van der Waals surface area contributed by atoms with E-state index in [1.807, 2.05) is 30.3 Å². The van der Waals surface area contributed by atoms with Crippen LogP contribution in [0, 0.1) is 12.3 Å². The zero-order valence-electron chi connectivity index (χ0n) is 11.2. The van der Waals surface area contributed by atoms with Crippen molar-refractivity contribution in [2.75, 3.05) is 6.61 Å². The van der Waals surface area contributed by atoms with Gasteiger partial charge in [-0.2, -0.15) is 0 Å². The van der Waals surface area contributed by atoms with Crippen LogP contribution >= 0.6 is 0 Å². The van der Waals surface area contributed by atoms with Gasteiger partial charge in [0, 0.05) is 6.07 Å². The number of allylic oxidation sites excluding steroid dienone is 1. The van der Waals surface area contributed by atoms with Gasteiger partial charge in [-0.05, 0) is 23.8 Å². The molecule has 2 aromatic rings. The Bertz CT molecular complexity index is 752. The molecule has 1 aliphatic heterocycles. The molecule has 0 spiro atoms. The third-order valence-electron chi connectivity index (χ3n) is 3.06.